The molecule has 0 aliphatic rings. The van der Waals surface area contributed by atoms with Gasteiger partial charge < -0.3 is 10.4 Å². The summed E-state index contributed by atoms with van der Waals surface area (Å²) in [6.07, 6.45) is 1.01. The molecule has 1 amide bonds. The van der Waals surface area contributed by atoms with Crippen LogP contribution in [-0.2, 0) is 9.59 Å². The van der Waals surface area contributed by atoms with E-state index >= 15 is 0 Å². The van der Waals surface area contributed by atoms with Crippen molar-refractivity contribution in [1.82, 2.24) is 5.32 Å². The molecule has 76 valence electrons. The molecule has 0 heterocycles. The van der Waals surface area contributed by atoms with Crippen LogP contribution in [0.2, 0.25) is 0 Å². The van der Waals surface area contributed by atoms with E-state index in [-0.39, 0.29) is 24.7 Å². The van der Waals surface area contributed by atoms with Gasteiger partial charge in [0.25, 0.3) is 0 Å². The van der Waals surface area contributed by atoms with Gasteiger partial charge in [-0.2, -0.15) is 0 Å². The van der Waals surface area contributed by atoms with Crippen LogP contribution in [0.5, 0.6) is 0 Å². The largest absolute Gasteiger partial charge is 0.481 e. The first-order valence-electron chi connectivity index (χ1n) is 3.54. The summed E-state index contributed by atoms with van der Waals surface area (Å²) in [5.74, 6) is -1.30. The van der Waals surface area contributed by atoms with Crippen molar-refractivity contribution in [1.29, 1.82) is 0 Å². The Labute approximate surface area is 83.4 Å². The number of hydrogen-bond acceptors (Lipinski definition) is 2. The number of halogens is 1. The first kappa shape index (κ1) is 14.5. The third kappa shape index (κ3) is 7.33. The molecule has 5 heteroatoms. The Morgan fingerprint density at radius 2 is 2.00 bits per heavy atom. The highest BCUT2D eigenvalue weighted by Crippen LogP contribution is 2.07. The lowest BCUT2D eigenvalue weighted by atomic mass is 10.0. The number of carboxylic acid groups (broad SMARTS) is 1. The monoisotopic (exact) mass is 207 g/mol. The van der Waals surface area contributed by atoms with Crippen molar-refractivity contribution in [2.75, 3.05) is 0 Å². The molecule has 0 unspecified atom stereocenters. The minimum atomic E-state index is -0.940. The molecule has 0 rings (SSSR count). The van der Waals surface area contributed by atoms with Gasteiger partial charge in [0, 0.05) is 5.54 Å². The molecule has 0 spiro atoms. The quantitative estimate of drug-likeness (QED) is 0.675. The van der Waals surface area contributed by atoms with Crippen molar-refractivity contribution in [3.05, 3.63) is 12.7 Å². The van der Waals surface area contributed by atoms with Gasteiger partial charge in [-0.15, -0.1) is 12.4 Å². The van der Waals surface area contributed by atoms with E-state index in [2.05, 4.69) is 11.9 Å². The lowest BCUT2D eigenvalue weighted by Gasteiger charge is -2.23. The summed E-state index contributed by atoms with van der Waals surface area (Å²) >= 11 is 0. The summed E-state index contributed by atoms with van der Waals surface area (Å²) in [5.41, 5.74) is -0.725. The van der Waals surface area contributed by atoms with Gasteiger partial charge in [0.1, 0.15) is 0 Å². The Hall–Kier alpha value is -1.03. The Kier molecular flexibility index (Phi) is 6.23. The zero-order valence-corrected chi connectivity index (χ0v) is 8.48. The zero-order chi connectivity index (χ0) is 9.78. The molecular formula is C8H14ClNO3. The fourth-order valence-corrected chi connectivity index (χ4v) is 0.807. The average molecular weight is 208 g/mol. The Morgan fingerprint density at radius 1 is 1.54 bits per heavy atom. The van der Waals surface area contributed by atoms with Gasteiger partial charge in [0.2, 0.25) is 5.91 Å². The summed E-state index contributed by atoms with van der Waals surface area (Å²) in [6.45, 7) is 6.55. The maximum Gasteiger partial charge on any atom is 0.305 e. The van der Waals surface area contributed by atoms with Crippen LogP contribution in [0.3, 0.4) is 0 Å². The fourth-order valence-electron chi connectivity index (χ4n) is 0.807. The molecule has 0 radical (unpaired) electrons. The Morgan fingerprint density at radius 3 is 2.31 bits per heavy atom. The van der Waals surface area contributed by atoms with E-state index < -0.39 is 11.5 Å². The minimum absolute atomic E-state index is 0. The first-order valence-corrected chi connectivity index (χ1v) is 3.54. The molecule has 13 heavy (non-hydrogen) atoms. The standard InChI is InChI=1S/C8H13NO3.ClH/c1-4-6(10)9-8(2,3)5-7(11)12;/h4H,1,5H2,2-3H3,(H,9,10)(H,11,12);1H. The SMILES string of the molecule is C=CC(=O)NC(C)(C)CC(=O)O.Cl. The highest BCUT2D eigenvalue weighted by molar-refractivity contribution is 5.87. The van der Waals surface area contributed by atoms with Crippen LogP contribution in [0, 0.1) is 0 Å². The molecule has 0 aromatic carbocycles. The predicted molar refractivity (Wildman–Crippen MR) is 51.9 cm³/mol. The number of aliphatic carboxylic acids is 1. The van der Waals surface area contributed by atoms with Crippen molar-refractivity contribution < 1.29 is 14.7 Å². The highest BCUT2D eigenvalue weighted by atomic mass is 35.5. The van der Waals surface area contributed by atoms with Gasteiger partial charge in [-0.3, -0.25) is 9.59 Å². The predicted octanol–water partition coefficient (Wildman–Crippen LogP) is 0.964. The summed E-state index contributed by atoms with van der Waals surface area (Å²) < 4.78 is 0. The lowest BCUT2D eigenvalue weighted by molar-refractivity contribution is -0.138. The van der Waals surface area contributed by atoms with Crippen molar-refractivity contribution in [3.8, 4) is 0 Å². The minimum Gasteiger partial charge on any atom is -0.481 e. The van der Waals surface area contributed by atoms with Crippen molar-refractivity contribution >= 4 is 24.3 Å². The van der Waals surface area contributed by atoms with E-state index in [9.17, 15) is 9.59 Å². The molecule has 0 aliphatic heterocycles. The number of carbonyl (C=O) groups excluding carboxylic acids is 1. The second-order valence-corrected chi connectivity index (χ2v) is 3.15. The van der Waals surface area contributed by atoms with Crippen LogP contribution >= 0.6 is 12.4 Å². The molecule has 2 N–H and O–H groups in total. The topological polar surface area (TPSA) is 66.4 Å². The third-order valence-corrected chi connectivity index (χ3v) is 1.24. The van der Waals surface area contributed by atoms with Gasteiger partial charge in [0.15, 0.2) is 0 Å². The van der Waals surface area contributed by atoms with Crippen LogP contribution in [0.4, 0.5) is 0 Å². The molecule has 4 nitrogen and oxygen atoms in total. The summed E-state index contributed by atoms with van der Waals surface area (Å²) in [7, 11) is 0. The van der Waals surface area contributed by atoms with Crippen LogP contribution in [0.25, 0.3) is 0 Å². The van der Waals surface area contributed by atoms with E-state index in [1.807, 2.05) is 0 Å². The molecule has 0 aromatic heterocycles. The van der Waals surface area contributed by atoms with Gasteiger partial charge >= 0.3 is 5.97 Å². The number of carboxylic acids is 1. The van der Waals surface area contributed by atoms with E-state index in [1.165, 1.54) is 0 Å². The summed E-state index contributed by atoms with van der Waals surface area (Å²) in [4.78, 5) is 21.1. The molecule has 0 saturated carbocycles. The normalized spacial score (nSPS) is 9.69. The molecule has 0 aromatic rings. The molecule has 0 atom stereocenters. The number of nitrogens with one attached hydrogen (secondary N) is 1. The number of rotatable bonds is 4. The van der Waals surface area contributed by atoms with E-state index in [1.54, 1.807) is 13.8 Å². The number of carbonyl (C=O) groups is 2. The van der Waals surface area contributed by atoms with Crippen LogP contribution < -0.4 is 5.32 Å². The first-order chi connectivity index (χ1) is 5.37. The zero-order valence-electron chi connectivity index (χ0n) is 7.66. The van der Waals surface area contributed by atoms with Crippen molar-refractivity contribution in [3.63, 3.8) is 0 Å². The van der Waals surface area contributed by atoms with Gasteiger partial charge in [0.05, 0.1) is 6.42 Å². The molecule has 0 fully saturated rings. The van der Waals surface area contributed by atoms with Gasteiger partial charge in [-0.05, 0) is 19.9 Å². The second kappa shape index (κ2) is 5.59. The Bertz CT molecular complexity index is 213. The fraction of sp³-hybridized carbons (Fsp3) is 0.500. The van der Waals surface area contributed by atoms with Crippen LogP contribution in [-0.4, -0.2) is 22.5 Å². The Balaban J connectivity index is 0. The smallest absolute Gasteiger partial charge is 0.305 e. The van der Waals surface area contributed by atoms with Crippen LogP contribution in [0.15, 0.2) is 12.7 Å². The van der Waals surface area contributed by atoms with E-state index in [4.69, 9.17) is 5.11 Å². The second-order valence-electron chi connectivity index (χ2n) is 3.15. The van der Waals surface area contributed by atoms with E-state index in [0.717, 1.165) is 6.08 Å². The van der Waals surface area contributed by atoms with Crippen molar-refractivity contribution in [2.45, 2.75) is 25.8 Å². The van der Waals surface area contributed by atoms with E-state index in [0.29, 0.717) is 0 Å². The highest BCUT2D eigenvalue weighted by Gasteiger charge is 2.22. The third-order valence-electron chi connectivity index (χ3n) is 1.24. The van der Waals surface area contributed by atoms with Crippen molar-refractivity contribution in [2.24, 2.45) is 0 Å². The van der Waals surface area contributed by atoms with Crippen LogP contribution in [0.1, 0.15) is 20.3 Å². The average Bonchev–Trinajstić information content (AvgIpc) is 1.83. The molecule has 0 saturated heterocycles. The summed E-state index contributed by atoms with van der Waals surface area (Å²) in [6, 6.07) is 0. The van der Waals surface area contributed by atoms with Gasteiger partial charge in [-0.25, -0.2) is 0 Å². The number of hydrogen-bond donors (Lipinski definition) is 2. The lowest BCUT2D eigenvalue weighted by Crippen LogP contribution is -2.44. The maximum absolute atomic E-state index is 10.8. The summed E-state index contributed by atoms with van der Waals surface area (Å²) in [5, 5.41) is 11.0. The van der Waals surface area contributed by atoms with Gasteiger partial charge in [-0.1, -0.05) is 6.58 Å². The molecule has 0 aliphatic carbocycles. The maximum atomic E-state index is 10.8. The molecule has 0 bridgehead atoms. The number of amides is 1. The molecular weight excluding hydrogens is 194 g/mol.